The molecule has 2 aliphatic heterocycles. The first-order chi connectivity index (χ1) is 12.9. The molecular formula is C18H19N3O6. The molecule has 0 atom stereocenters. The number of carboxylic acids is 1. The molecule has 1 aromatic carbocycles. The van der Waals surface area contributed by atoms with Gasteiger partial charge in [-0.15, -0.1) is 0 Å². The molecule has 0 radical (unpaired) electrons. The van der Waals surface area contributed by atoms with Crippen molar-refractivity contribution >= 4 is 29.6 Å². The van der Waals surface area contributed by atoms with Gasteiger partial charge < -0.3 is 14.9 Å². The second-order valence-corrected chi connectivity index (χ2v) is 6.43. The van der Waals surface area contributed by atoms with Gasteiger partial charge in [0.15, 0.2) is 0 Å². The highest BCUT2D eigenvalue weighted by Gasteiger charge is 2.33. The number of nitrogens with zero attached hydrogens (tertiary/aromatic N) is 3. The van der Waals surface area contributed by atoms with Gasteiger partial charge in [0.2, 0.25) is 17.7 Å². The highest BCUT2D eigenvalue weighted by atomic mass is 16.4. The van der Waals surface area contributed by atoms with Gasteiger partial charge >= 0.3 is 5.97 Å². The largest absolute Gasteiger partial charge is 0.478 e. The van der Waals surface area contributed by atoms with E-state index in [1.165, 1.54) is 23.1 Å². The molecule has 4 amide bonds. The number of rotatable bonds is 4. The number of carbonyl (C=O) groups excluding carboxylic acids is 4. The minimum atomic E-state index is -1.11. The molecule has 0 saturated carbocycles. The van der Waals surface area contributed by atoms with E-state index < -0.39 is 5.97 Å². The molecule has 27 heavy (non-hydrogen) atoms. The monoisotopic (exact) mass is 373 g/mol. The summed E-state index contributed by atoms with van der Waals surface area (Å²) in [5.74, 6) is -2.39. The van der Waals surface area contributed by atoms with Crippen molar-refractivity contribution in [3.63, 3.8) is 0 Å². The first-order valence-corrected chi connectivity index (χ1v) is 8.60. The van der Waals surface area contributed by atoms with Crippen LogP contribution in [-0.4, -0.2) is 82.1 Å². The second-order valence-electron chi connectivity index (χ2n) is 6.43. The van der Waals surface area contributed by atoms with Gasteiger partial charge in [-0.2, -0.15) is 0 Å². The summed E-state index contributed by atoms with van der Waals surface area (Å²) in [6, 6.07) is 5.81. The SMILES string of the molecule is O=C(O)c1cccc(C(=O)N2CCN(C(=O)CN3C(=O)CCC3=O)CC2)c1. The number of carbonyl (C=O) groups is 5. The van der Waals surface area contributed by atoms with Crippen LogP contribution in [0.1, 0.15) is 33.6 Å². The predicted molar refractivity (Wildman–Crippen MR) is 91.8 cm³/mol. The average molecular weight is 373 g/mol. The fraction of sp³-hybridized carbons (Fsp3) is 0.389. The van der Waals surface area contributed by atoms with Crippen LogP contribution in [0, 0.1) is 0 Å². The number of amides is 4. The van der Waals surface area contributed by atoms with Crippen molar-refractivity contribution in [3.8, 4) is 0 Å². The number of piperazine rings is 1. The molecule has 0 spiro atoms. The maximum absolute atomic E-state index is 12.5. The van der Waals surface area contributed by atoms with Gasteiger partial charge in [-0.1, -0.05) is 6.07 Å². The molecular weight excluding hydrogens is 354 g/mol. The zero-order valence-corrected chi connectivity index (χ0v) is 14.6. The number of imide groups is 1. The Hall–Kier alpha value is -3.23. The van der Waals surface area contributed by atoms with Crippen LogP contribution in [0.25, 0.3) is 0 Å². The summed E-state index contributed by atoms with van der Waals surface area (Å²) in [6.45, 7) is 0.915. The Morgan fingerprint density at radius 3 is 2.04 bits per heavy atom. The van der Waals surface area contributed by atoms with Crippen molar-refractivity contribution < 1.29 is 29.1 Å². The summed E-state index contributed by atoms with van der Waals surface area (Å²) >= 11 is 0. The lowest BCUT2D eigenvalue weighted by Crippen LogP contribution is -2.53. The van der Waals surface area contributed by atoms with E-state index in [2.05, 4.69) is 0 Å². The first-order valence-electron chi connectivity index (χ1n) is 8.60. The number of likely N-dealkylation sites (tertiary alicyclic amines) is 1. The van der Waals surface area contributed by atoms with Gasteiger partial charge in [-0.05, 0) is 18.2 Å². The van der Waals surface area contributed by atoms with Gasteiger partial charge in [0.25, 0.3) is 5.91 Å². The molecule has 2 fully saturated rings. The van der Waals surface area contributed by atoms with Crippen molar-refractivity contribution in [2.24, 2.45) is 0 Å². The van der Waals surface area contributed by atoms with Crippen molar-refractivity contribution in [1.29, 1.82) is 0 Å². The standard InChI is InChI=1S/C18H19N3O6/c22-14-4-5-15(23)21(14)11-16(24)19-6-8-20(9-7-19)17(25)12-2-1-3-13(10-12)18(26)27/h1-3,10H,4-9,11H2,(H,26,27). The van der Waals surface area contributed by atoms with Crippen LogP contribution in [0.2, 0.25) is 0 Å². The number of aromatic carboxylic acids is 1. The Morgan fingerprint density at radius 1 is 0.889 bits per heavy atom. The van der Waals surface area contributed by atoms with E-state index in [-0.39, 0.29) is 54.1 Å². The summed E-state index contributed by atoms with van der Waals surface area (Å²) < 4.78 is 0. The predicted octanol–water partition coefficient (Wildman–Crippen LogP) is -0.182. The molecule has 1 N–H and O–H groups in total. The van der Waals surface area contributed by atoms with Crippen molar-refractivity contribution in [1.82, 2.24) is 14.7 Å². The van der Waals surface area contributed by atoms with E-state index in [0.717, 1.165) is 4.90 Å². The van der Waals surface area contributed by atoms with Gasteiger partial charge in [0, 0.05) is 44.6 Å². The van der Waals surface area contributed by atoms with E-state index >= 15 is 0 Å². The van der Waals surface area contributed by atoms with E-state index in [9.17, 15) is 24.0 Å². The van der Waals surface area contributed by atoms with Crippen molar-refractivity contribution in [3.05, 3.63) is 35.4 Å². The molecule has 0 bridgehead atoms. The maximum Gasteiger partial charge on any atom is 0.335 e. The second kappa shape index (κ2) is 7.56. The van der Waals surface area contributed by atoms with E-state index in [1.54, 1.807) is 11.0 Å². The Balaban J connectivity index is 1.57. The topological polar surface area (TPSA) is 115 Å². The third kappa shape index (κ3) is 3.97. The van der Waals surface area contributed by atoms with Crippen LogP contribution >= 0.6 is 0 Å². The van der Waals surface area contributed by atoms with E-state index in [0.29, 0.717) is 26.2 Å². The van der Waals surface area contributed by atoms with E-state index in [1.807, 2.05) is 0 Å². The third-order valence-electron chi connectivity index (χ3n) is 4.72. The van der Waals surface area contributed by atoms with Gasteiger partial charge in [-0.25, -0.2) is 4.79 Å². The van der Waals surface area contributed by atoms with Gasteiger partial charge in [0.05, 0.1) is 5.56 Å². The Bertz CT molecular complexity index is 797. The highest BCUT2D eigenvalue weighted by molar-refractivity contribution is 6.04. The Labute approximate surface area is 155 Å². The quantitative estimate of drug-likeness (QED) is 0.732. The smallest absolute Gasteiger partial charge is 0.335 e. The van der Waals surface area contributed by atoms with Crippen LogP contribution in [0.15, 0.2) is 24.3 Å². The molecule has 9 heteroatoms. The zero-order valence-electron chi connectivity index (χ0n) is 14.6. The Morgan fingerprint density at radius 2 is 1.44 bits per heavy atom. The molecule has 142 valence electrons. The minimum Gasteiger partial charge on any atom is -0.478 e. The minimum absolute atomic E-state index is 0.0367. The highest BCUT2D eigenvalue weighted by Crippen LogP contribution is 2.14. The third-order valence-corrected chi connectivity index (χ3v) is 4.72. The summed E-state index contributed by atoms with van der Waals surface area (Å²) in [5, 5.41) is 9.03. The summed E-state index contributed by atoms with van der Waals surface area (Å²) in [5.41, 5.74) is 0.317. The number of benzene rings is 1. The number of hydrogen-bond donors (Lipinski definition) is 1. The average Bonchev–Trinajstić information content (AvgIpc) is 2.99. The molecule has 2 saturated heterocycles. The fourth-order valence-corrected chi connectivity index (χ4v) is 3.16. The molecule has 0 aliphatic carbocycles. The normalized spacial score (nSPS) is 17.4. The molecule has 0 aromatic heterocycles. The van der Waals surface area contributed by atoms with E-state index in [4.69, 9.17) is 5.11 Å². The lowest BCUT2D eigenvalue weighted by molar-refractivity contribution is -0.146. The molecule has 0 unspecified atom stereocenters. The van der Waals surface area contributed by atoms with Crippen molar-refractivity contribution in [2.75, 3.05) is 32.7 Å². The number of carboxylic acid groups (broad SMARTS) is 1. The van der Waals surface area contributed by atoms with Crippen LogP contribution < -0.4 is 0 Å². The molecule has 2 aliphatic rings. The molecule has 9 nitrogen and oxygen atoms in total. The first kappa shape index (κ1) is 18.6. The Kier molecular flexibility index (Phi) is 5.20. The van der Waals surface area contributed by atoms with Crippen LogP contribution in [-0.2, 0) is 14.4 Å². The molecule has 1 aromatic rings. The summed E-state index contributed by atoms with van der Waals surface area (Å²) in [7, 11) is 0. The van der Waals surface area contributed by atoms with Crippen LogP contribution in [0.4, 0.5) is 0 Å². The van der Waals surface area contributed by atoms with Gasteiger partial charge in [-0.3, -0.25) is 24.1 Å². The summed E-state index contributed by atoms with van der Waals surface area (Å²) in [6.07, 6.45) is 0.285. The molecule has 2 heterocycles. The van der Waals surface area contributed by atoms with Crippen molar-refractivity contribution in [2.45, 2.75) is 12.8 Å². The maximum atomic E-state index is 12.5. The lowest BCUT2D eigenvalue weighted by atomic mass is 10.1. The number of hydrogen-bond acceptors (Lipinski definition) is 5. The van der Waals surface area contributed by atoms with Crippen LogP contribution in [0.5, 0.6) is 0 Å². The lowest BCUT2D eigenvalue weighted by Gasteiger charge is -2.35. The summed E-state index contributed by atoms with van der Waals surface area (Å²) in [4.78, 5) is 63.2. The van der Waals surface area contributed by atoms with Gasteiger partial charge in [0.1, 0.15) is 6.54 Å². The van der Waals surface area contributed by atoms with Crippen LogP contribution in [0.3, 0.4) is 0 Å². The fourth-order valence-electron chi connectivity index (χ4n) is 3.16. The molecule has 3 rings (SSSR count). The zero-order chi connectivity index (χ0) is 19.6.